The number of hydrogen-bond acceptors (Lipinski definition) is 3. The summed E-state index contributed by atoms with van der Waals surface area (Å²) in [4.78, 5) is 14.2. The lowest BCUT2D eigenvalue weighted by molar-refractivity contribution is -0.0765. The summed E-state index contributed by atoms with van der Waals surface area (Å²) in [5.41, 5.74) is 1.24. The van der Waals surface area contributed by atoms with Gasteiger partial charge in [-0.15, -0.1) is 0 Å². The molecule has 1 fully saturated rings. The molecule has 1 saturated heterocycles. The molecule has 0 bridgehead atoms. The standard InChI is InChI=1S/C12H19N3O2/c1-9-7-10(14(4)13-9)11(16)15-5-6-17-12(2,3)8-15/h7H,5-6,8H2,1-4H3. The van der Waals surface area contributed by atoms with Crippen molar-refractivity contribution >= 4 is 5.91 Å². The second-order valence-corrected chi connectivity index (χ2v) is 5.13. The fourth-order valence-electron chi connectivity index (χ4n) is 2.16. The molecular weight excluding hydrogens is 218 g/mol. The van der Waals surface area contributed by atoms with Gasteiger partial charge in [-0.2, -0.15) is 5.10 Å². The van der Waals surface area contributed by atoms with E-state index in [1.165, 1.54) is 0 Å². The van der Waals surface area contributed by atoms with Crippen molar-refractivity contribution in [1.82, 2.24) is 14.7 Å². The van der Waals surface area contributed by atoms with Gasteiger partial charge in [-0.25, -0.2) is 0 Å². The third-order valence-electron chi connectivity index (χ3n) is 2.93. The minimum Gasteiger partial charge on any atom is -0.372 e. The Morgan fingerprint density at radius 2 is 2.24 bits per heavy atom. The van der Waals surface area contributed by atoms with Gasteiger partial charge in [0.2, 0.25) is 0 Å². The lowest BCUT2D eigenvalue weighted by atomic mass is 10.1. The van der Waals surface area contributed by atoms with Gasteiger partial charge in [-0.05, 0) is 26.8 Å². The molecule has 94 valence electrons. The van der Waals surface area contributed by atoms with E-state index in [0.717, 1.165) is 5.69 Å². The Bertz CT molecular complexity index is 437. The zero-order chi connectivity index (χ0) is 12.6. The predicted octanol–water partition coefficient (Wildman–Crippen LogP) is 0.980. The number of rotatable bonds is 1. The van der Waals surface area contributed by atoms with E-state index in [1.54, 1.807) is 11.7 Å². The first-order valence-electron chi connectivity index (χ1n) is 5.83. The number of carbonyl (C=O) groups excluding carboxylic acids is 1. The normalized spacial score (nSPS) is 19.4. The highest BCUT2D eigenvalue weighted by Crippen LogP contribution is 2.18. The van der Waals surface area contributed by atoms with Crippen molar-refractivity contribution < 1.29 is 9.53 Å². The molecule has 0 atom stereocenters. The lowest BCUT2D eigenvalue weighted by Crippen LogP contribution is -2.50. The zero-order valence-electron chi connectivity index (χ0n) is 10.9. The molecule has 1 amide bonds. The van der Waals surface area contributed by atoms with Crippen LogP contribution in [-0.2, 0) is 11.8 Å². The van der Waals surface area contributed by atoms with Crippen LogP contribution in [0.4, 0.5) is 0 Å². The van der Waals surface area contributed by atoms with Crippen LogP contribution in [0.1, 0.15) is 30.0 Å². The highest BCUT2D eigenvalue weighted by atomic mass is 16.5. The lowest BCUT2D eigenvalue weighted by Gasteiger charge is -2.38. The molecule has 0 radical (unpaired) electrons. The van der Waals surface area contributed by atoms with Crippen molar-refractivity contribution in [3.8, 4) is 0 Å². The summed E-state index contributed by atoms with van der Waals surface area (Å²) in [6.07, 6.45) is 0. The number of aryl methyl sites for hydroxylation is 2. The monoisotopic (exact) mass is 237 g/mol. The molecule has 2 heterocycles. The smallest absolute Gasteiger partial charge is 0.272 e. The number of amides is 1. The predicted molar refractivity (Wildman–Crippen MR) is 63.9 cm³/mol. The molecule has 5 nitrogen and oxygen atoms in total. The van der Waals surface area contributed by atoms with Gasteiger partial charge in [0.15, 0.2) is 0 Å². The Labute approximate surface area is 101 Å². The van der Waals surface area contributed by atoms with E-state index in [0.29, 0.717) is 25.4 Å². The van der Waals surface area contributed by atoms with Crippen molar-refractivity contribution in [3.05, 3.63) is 17.5 Å². The van der Waals surface area contributed by atoms with Crippen molar-refractivity contribution in [2.45, 2.75) is 26.4 Å². The second-order valence-electron chi connectivity index (χ2n) is 5.13. The molecule has 2 rings (SSSR count). The van der Waals surface area contributed by atoms with E-state index in [9.17, 15) is 4.79 Å². The Morgan fingerprint density at radius 1 is 1.53 bits per heavy atom. The van der Waals surface area contributed by atoms with E-state index in [1.807, 2.05) is 31.7 Å². The highest BCUT2D eigenvalue weighted by molar-refractivity contribution is 5.92. The van der Waals surface area contributed by atoms with E-state index in [-0.39, 0.29) is 11.5 Å². The largest absolute Gasteiger partial charge is 0.372 e. The summed E-state index contributed by atoms with van der Waals surface area (Å²) < 4.78 is 7.24. The van der Waals surface area contributed by atoms with E-state index in [2.05, 4.69) is 5.10 Å². The average Bonchev–Trinajstić information content (AvgIpc) is 2.55. The van der Waals surface area contributed by atoms with Crippen LogP contribution in [-0.4, -0.2) is 45.9 Å². The highest BCUT2D eigenvalue weighted by Gasteiger charge is 2.31. The quantitative estimate of drug-likeness (QED) is 0.731. The molecule has 17 heavy (non-hydrogen) atoms. The topological polar surface area (TPSA) is 47.4 Å². The molecule has 0 spiro atoms. The first-order chi connectivity index (χ1) is 7.89. The molecule has 0 aliphatic carbocycles. The number of nitrogens with zero attached hydrogens (tertiary/aromatic N) is 3. The Morgan fingerprint density at radius 3 is 2.76 bits per heavy atom. The maximum atomic E-state index is 12.3. The molecule has 1 aromatic rings. The maximum absolute atomic E-state index is 12.3. The van der Waals surface area contributed by atoms with Crippen LogP contribution in [0.5, 0.6) is 0 Å². The van der Waals surface area contributed by atoms with E-state index >= 15 is 0 Å². The van der Waals surface area contributed by atoms with Crippen LogP contribution >= 0.6 is 0 Å². The van der Waals surface area contributed by atoms with Gasteiger partial charge < -0.3 is 9.64 Å². The third-order valence-corrected chi connectivity index (χ3v) is 2.93. The van der Waals surface area contributed by atoms with Crippen LogP contribution in [0.3, 0.4) is 0 Å². The fraction of sp³-hybridized carbons (Fsp3) is 0.667. The summed E-state index contributed by atoms with van der Waals surface area (Å²) in [5.74, 6) is 0.0319. The molecule has 5 heteroatoms. The van der Waals surface area contributed by atoms with Gasteiger partial charge in [0, 0.05) is 20.1 Å². The van der Waals surface area contributed by atoms with Crippen LogP contribution in [0.25, 0.3) is 0 Å². The average molecular weight is 237 g/mol. The molecule has 0 saturated carbocycles. The van der Waals surface area contributed by atoms with Crippen LogP contribution in [0, 0.1) is 6.92 Å². The van der Waals surface area contributed by atoms with Crippen molar-refractivity contribution in [3.63, 3.8) is 0 Å². The minimum atomic E-state index is -0.262. The van der Waals surface area contributed by atoms with Gasteiger partial charge in [-0.3, -0.25) is 9.48 Å². The summed E-state index contributed by atoms with van der Waals surface area (Å²) in [5, 5.41) is 4.20. The van der Waals surface area contributed by atoms with Gasteiger partial charge in [-0.1, -0.05) is 0 Å². The van der Waals surface area contributed by atoms with E-state index in [4.69, 9.17) is 4.74 Å². The van der Waals surface area contributed by atoms with Crippen LogP contribution in [0.2, 0.25) is 0 Å². The van der Waals surface area contributed by atoms with Crippen molar-refractivity contribution in [1.29, 1.82) is 0 Å². The Kier molecular flexibility index (Phi) is 2.95. The molecule has 0 aromatic carbocycles. The summed E-state index contributed by atoms with van der Waals surface area (Å²) >= 11 is 0. The molecule has 0 N–H and O–H groups in total. The van der Waals surface area contributed by atoms with Gasteiger partial charge in [0.1, 0.15) is 5.69 Å². The fourth-order valence-corrected chi connectivity index (χ4v) is 2.16. The first kappa shape index (κ1) is 12.1. The molecule has 1 aliphatic heterocycles. The SMILES string of the molecule is Cc1cc(C(=O)N2CCOC(C)(C)C2)n(C)n1. The van der Waals surface area contributed by atoms with Crippen molar-refractivity contribution in [2.75, 3.05) is 19.7 Å². The third kappa shape index (κ3) is 2.49. The molecule has 1 aliphatic rings. The number of ether oxygens (including phenoxy) is 1. The number of aromatic nitrogens is 2. The summed E-state index contributed by atoms with van der Waals surface area (Å²) in [7, 11) is 1.80. The van der Waals surface area contributed by atoms with Gasteiger partial charge in [0.05, 0.1) is 17.9 Å². The van der Waals surface area contributed by atoms with Crippen molar-refractivity contribution in [2.24, 2.45) is 7.05 Å². The zero-order valence-corrected chi connectivity index (χ0v) is 10.9. The summed E-state index contributed by atoms with van der Waals surface area (Å²) in [6.45, 7) is 7.75. The Balaban J connectivity index is 2.18. The van der Waals surface area contributed by atoms with Gasteiger partial charge >= 0.3 is 0 Å². The molecular formula is C12H19N3O2. The molecule has 0 unspecified atom stereocenters. The number of hydrogen-bond donors (Lipinski definition) is 0. The summed E-state index contributed by atoms with van der Waals surface area (Å²) in [6, 6.07) is 1.82. The van der Waals surface area contributed by atoms with Gasteiger partial charge in [0.25, 0.3) is 5.91 Å². The first-order valence-corrected chi connectivity index (χ1v) is 5.83. The minimum absolute atomic E-state index is 0.0319. The van der Waals surface area contributed by atoms with Crippen LogP contribution < -0.4 is 0 Å². The van der Waals surface area contributed by atoms with Crippen LogP contribution in [0.15, 0.2) is 6.07 Å². The Hall–Kier alpha value is -1.36. The second kappa shape index (κ2) is 4.14. The number of carbonyl (C=O) groups is 1. The number of morpholine rings is 1. The molecule has 1 aromatic heterocycles. The van der Waals surface area contributed by atoms with E-state index < -0.39 is 0 Å². The maximum Gasteiger partial charge on any atom is 0.272 e.